The average molecular weight is 550 g/mol. The van der Waals surface area contributed by atoms with E-state index in [0.717, 1.165) is 39.2 Å². The van der Waals surface area contributed by atoms with E-state index in [4.69, 9.17) is 15.0 Å². The summed E-state index contributed by atoms with van der Waals surface area (Å²) in [6.45, 7) is 4.00. The van der Waals surface area contributed by atoms with Crippen LogP contribution in [0.4, 0.5) is 11.4 Å². The van der Waals surface area contributed by atoms with Crippen LogP contribution in [0.5, 0.6) is 0 Å². The maximum atomic E-state index is 4.86. The third kappa shape index (κ3) is 6.21. The lowest BCUT2D eigenvalue weighted by Crippen LogP contribution is -2.00. The first-order valence-electron chi connectivity index (χ1n) is 14.3. The van der Waals surface area contributed by atoms with Crippen LogP contribution in [0, 0.1) is 0 Å². The van der Waals surface area contributed by atoms with Crippen molar-refractivity contribution in [3.8, 4) is 56.4 Å². The number of anilines is 2. The molecule has 0 saturated carbocycles. The van der Waals surface area contributed by atoms with Gasteiger partial charge in [-0.15, -0.1) is 0 Å². The summed E-state index contributed by atoms with van der Waals surface area (Å²) < 4.78 is 0. The summed E-state index contributed by atoms with van der Waals surface area (Å²) in [5, 5.41) is 6.53. The Kier molecular flexibility index (Phi) is 9.00. The van der Waals surface area contributed by atoms with Gasteiger partial charge in [0.25, 0.3) is 0 Å². The lowest BCUT2D eigenvalue weighted by molar-refractivity contribution is 1.07. The van der Waals surface area contributed by atoms with Crippen LogP contribution in [0.25, 0.3) is 56.4 Å². The highest BCUT2D eigenvalue weighted by Crippen LogP contribution is 2.34. The van der Waals surface area contributed by atoms with Gasteiger partial charge in [-0.3, -0.25) is 0 Å². The number of hydrogen-bond donors (Lipinski definition) is 2. The molecule has 0 radical (unpaired) electrons. The van der Waals surface area contributed by atoms with E-state index >= 15 is 0 Å². The van der Waals surface area contributed by atoms with Crippen molar-refractivity contribution in [2.75, 3.05) is 24.7 Å². The first-order chi connectivity index (χ1) is 20.7. The van der Waals surface area contributed by atoms with Gasteiger partial charge in [0, 0.05) is 47.7 Å². The van der Waals surface area contributed by atoms with E-state index in [1.165, 1.54) is 11.1 Å². The number of rotatable bonds is 7. The molecule has 0 unspecified atom stereocenters. The second-order valence-corrected chi connectivity index (χ2v) is 9.45. The van der Waals surface area contributed by atoms with Gasteiger partial charge in [0.15, 0.2) is 17.5 Å². The third-order valence-electron chi connectivity index (χ3n) is 6.95. The van der Waals surface area contributed by atoms with Gasteiger partial charge < -0.3 is 10.6 Å². The zero-order chi connectivity index (χ0) is 29.3. The van der Waals surface area contributed by atoms with E-state index in [0.29, 0.717) is 17.5 Å². The Morgan fingerprint density at radius 1 is 0.405 bits per heavy atom. The molecule has 5 aromatic carbocycles. The fourth-order valence-corrected chi connectivity index (χ4v) is 4.75. The molecule has 1 heterocycles. The Balaban J connectivity index is 0.00000173. The maximum absolute atomic E-state index is 4.86. The van der Waals surface area contributed by atoms with E-state index in [9.17, 15) is 0 Å². The van der Waals surface area contributed by atoms with Crippen LogP contribution in [0.1, 0.15) is 13.8 Å². The van der Waals surface area contributed by atoms with Crippen LogP contribution in [0.15, 0.2) is 127 Å². The molecule has 0 aliphatic rings. The summed E-state index contributed by atoms with van der Waals surface area (Å²) in [4.78, 5) is 14.5. The highest BCUT2D eigenvalue weighted by atomic mass is 15.0. The van der Waals surface area contributed by atoms with Crippen molar-refractivity contribution in [1.82, 2.24) is 15.0 Å². The molecule has 2 N–H and O–H groups in total. The summed E-state index contributed by atoms with van der Waals surface area (Å²) in [6.07, 6.45) is 0. The Labute approximate surface area is 248 Å². The Morgan fingerprint density at radius 3 is 1.31 bits per heavy atom. The van der Waals surface area contributed by atoms with Crippen molar-refractivity contribution in [3.63, 3.8) is 0 Å². The van der Waals surface area contributed by atoms with Crippen LogP contribution in [0.3, 0.4) is 0 Å². The molecule has 5 nitrogen and oxygen atoms in total. The average Bonchev–Trinajstić information content (AvgIpc) is 3.09. The third-order valence-corrected chi connectivity index (χ3v) is 6.95. The minimum atomic E-state index is 0.645. The first-order valence-corrected chi connectivity index (χ1v) is 14.3. The second kappa shape index (κ2) is 13.4. The van der Waals surface area contributed by atoms with E-state index in [1.54, 1.807) is 0 Å². The predicted molar refractivity (Wildman–Crippen MR) is 177 cm³/mol. The lowest BCUT2D eigenvalue weighted by atomic mass is 9.96. The van der Waals surface area contributed by atoms with Crippen molar-refractivity contribution in [2.24, 2.45) is 0 Å². The van der Waals surface area contributed by atoms with Crippen molar-refractivity contribution >= 4 is 11.4 Å². The lowest BCUT2D eigenvalue weighted by Gasteiger charge is -2.13. The number of hydrogen-bond acceptors (Lipinski definition) is 5. The largest absolute Gasteiger partial charge is 0.388 e. The van der Waals surface area contributed by atoms with Crippen molar-refractivity contribution in [2.45, 2.75) is 13.8 Å². The number of aromatic nitrogens is 3. The van der Waals surface area contributed by atoms with E-state index in [2.05, 4.69) is 77.4 Å². The normalized spacial score (nSPS) is 10.4. The minimum Gasteiger partial charge on any atom is -0.388 e. The van der Waals surface area contributed by atoms with Gasteiger partial charge in [-0.25, -0.2) is 15.0 Å². The highest BCUT2D eigenvalue weighted by Gasteiger charge is 2.13. The van der Waals surface area contributed by atoms with Gasteiger partial charge >= 0.3 is 0 Å². The Hall–Kier alpha value is -5.29. The smallest absolute Gasteiger partial charge is 0.164 e. The monoisotopic (exact) mass is 549 g/mol. The molecule has 0 amide bonds. The molecule has 0 bridgehead atoms. The molecule has 1 aromatic heterocycles. The van der Waals surface area contributed by atoms with Gasteiger partial charge in [-0.2, -0.15) is 0 Å². The molecule has 208 valence electrons. The number of nitrogens with zero attached hydrogens (tertiary/aromatic N) is 3. The predicted octanol–water partition coefficient (Wildman–Crippen LogP) is 9.32. The molecule has 0 spiro atoms. The van der Waals surface area contributed by atoms with Crippen molar-refractivity contribution in [1.29, 1.82) is 0 Å². The Morgan fingerprint density at radius 2 is 0.833 bits per heavy atom. The van der Waals surface area contributed by atoms with Gasteiger partial charge in [0.1, 0.15) is 0 Å². The van der Waals surface area contributed by atoms with Gasteiger partial charge in [0.05, 0.1) is 0 Å². The van der Waals surface area contributed by atoms with Crippen LogP contribution in [-0.2, 0) is 0 Å². The van der Waals surface area contributed by atoms with Crippen molar-refractivity contribution in [3.05, 3.63) is 127 Å². The van der Waals surface area contributed by atoms with Gasteiger partial charge in [0.2, 0.25) is 0 Å². The van der Waals surface area contributed by atoms with E-state index < -0.39 is 0 Å². The summed E-state index contributed by atoms with van der Waals surface area (Å²) >= 11 is 0. The van der Waals surface area contributed by atoms with Crippen LogP contribution in [-0.4, -0.2) is 29.0 Å². The standard InChI is InChI=1S/C35H29N5.C2H6/c1-36-30-20-17-24(18-21-30)29-19-22-32(37-2)31(23-29)25-13-15-28(16-14-25)35-39-33(26-9-5-3-6-10-26)38-34(40-35)27-11-7-4-8-12-27;1-2/h3-23,36-37H,1-2H3;1-2H3. The minimum absolute atomic E-state index is 0.645. The molecule has 0 aliphatic carbocycles. The number of nitrogens with one attached hydrogen (secondary N) is 2. The molecular weight excluding hydrogens is 514 g/mol. The summed E-state index contributed by atoms with van der Waals surface area (Å²) in [6, 6.07) is 43.5. The fraction of sp³-hybridized carbons (Fsp3) is 0.108. The molecule has 6 rings (SSSR count). The summed E-state index contributed by atoms with van der Waals surface area (Å²) in [7, 11) is 3.88. The van der Waals surface area contributed by atoms with Gasteiger partial charge in [-0.05, 0) is 41.0 Å². The zero-order valence-corrected chi connectivity index (χ0v) is 24.5. The molecular formula is C37H35N5. The molecule has 0 atom stereocenters. The quantitative estimate of drug-likeness (QED) is 0.208. The Bertz CT molecular complexity index is 1670. The van der Waals surface area contributed by atoms with Gasteiger partial charge in [-0.1, -0.05) is 117 Å². The molecule has 6 aromatic rings. The van der Waals surface area contributed by atoms with Crippen LogP contribution in [0.2, 0.25) is 0 Å². The zero-order valence-electron chi connectivity index (χ0n) is 24.5. The highest BCUT2D eigenvalue weighted by molar-refractivity contribution is 5.84. The van der Waals surface area contributed by atoms with Crippen LogP contribution >= 0.6 is 0 Å². The van der Waals surface area contributed by atoms with Crippen LogP contribution < -0.4 is 10.6 Å². The first kappa shape index (κ1) is 28.2. The van der Waals surface area contributed by atoms with Crippen molar-refractivity contribution < 1.29 is 0 Å². The van der Waals surface area contributed by atoms with E-state index in [-0.39, 0.29) is 0 Å². The number of benzene rings is 5. The fourth-order valence-electron chi connectivity index (χ4n) is 4.75. The SMILES string of the molecule is CC.CNc1ccc(-c2ccc(NC)c(-c3ccc(-c4nc(-c5ccccc5)nc(-c5ccccc5)n4)cc3)c2)cc1. The molecule has 0 fully saturated rings. The second-order valence-electron chi connectivity index (χ2n) is 9.45. The maximum Gasteiger partial charge on any atom is 0.164 e. The molecule has 0 aliphatic heterocycles. The van der Waals surface area contributed by atoms with E-state index in [1.807, 2.05) is 88.6 Å². The molecule has 5 heteroatoms. The summed E-state index contributed by atoms with van der Waals surface area (Å²) in [5.41, 5.74) is 9.60. The molecule has 0 saturated heterocycles. The summed E-state index contributed by atoms with van der Waals surface area (Å²) in [5.74, 6) is 1.96. The topological polar surface area (TPSA) is 62.7 Å². The molecule has 42 heavy (non-hydrogen) atoms.